The molecule has 0 radical (unpaired) electrons. The average Bonchev–Trinajstić information content (AvgIpc) is 2.91. The number of nitrogens with one attached hydrogen (secondary N) is 1. The van der Waals surface area contributed by atoms with Gasteiger partial charge in [-0.15, -0.1) is 0 Å². The molecule has 3 heteroatoms. The van der Waals surface area contributed by atoms with E-state index in [4.69, 9.17) is 0 Å². The molecular weight excluding hydrogens is 257 g/mol. The fraction of sp³-hybridized carbons (Fsp3) is 0.625. The standard InChI is InChI=1S/C16H24FNS/c1-3-18-16(11-19-14-6-4-5-7-14)13-8-9-15(17)12(2)10-13/h8-10,14,16,18H,3-7,11H2,1-2H3. The monoisotopic (exact) mass is 281 g/mol. The summed E-state index contributed by atoms with van der Waals surface area (Å²) in [5.41, 5.74) is 1.96. The molecule has 0 bridgehead atoms. The lowest BCUT2D eigenvalue weighted by Gasteiger charge is -2.20. The Morgan fingerprint density at radius 1 is 1.37 bits per heavy atom. The second kappa shape index (κ2) is 7.30. The maximum absolute atomic E-state index is 13.4. The van der Waals surface area contributed by atoms with E-state index >= 15 is 0 Å². The fourth-order valence-corrected chi connectivity index (χ4v) is 4.13. The SMILES string of the molecule is CCNC(CSC1CCCC1)c1ccc(F)c(C)c1. The van der Waals surface area contributed by atoms with Gasteiger partial charge in [0.1, 0.15) is 5.82 Å². The van der Waals surface area contributed by atoms with Crippen LogP contribution in [0.5, 0.6) is 0 Å². The van der Waals surface area contributed by atoms with Crippen molar-refractivity contribution in [3.63, 3.8) is 0 Å². The van der Waals surface area contributed by atoms with E-state index in [1.165, 1.54) is 31.2 Å². The molecule has 0 aromatic heterocycles. The van der Waals surface area contributed by atoms with E-state index in [-0.39, 0.29) is 5.82 Å². The normalized spacial score (nSPS) is 17.8. The van der Waals surface area contributed by atoms with Gasteiger partial charge in [-0.25, -0.2) is 4.39 Å². The van der Waals surface area contributed by atoms with Crippen molar-refractivity contribution in [2.45, 2.75) is 50.8 Å². The third-order valence-electron chi connectivity index (χ3n) is 3.84. The van der Waals surface area contributed by atoms with Gasteiger partial charge in [0.2, 0.25) is 0 Å². The summed E-state index contributed by atoms with van der Waals surface area (Å²) in [7, 11) is 0. The molecule has 1 nitrogen and oxygen atoms in total. The lowest BCUT2D eigenvalue weighted by molar-refractivity contribution is 0.593. The highest BCUT2D eigenvalue weighted by atomic mass is 32.2. The van der Waals surface area contributed by atoms with Gasteiger partial charge < -0.3 is 5.32 Å². The number of rotatable bonds is 6. The third-order valence-corrected chi connectivity index (χ3v) is 5.30. The number of halogens is 1. The van der Waals surface area contributed by atoms with Gasteiger partial charge in [-0.1, -0.05) is 31.9 Å². The number of aryl methyl sites for hydroxylation is 1. The zero-order valence-corrected chi connectivity index (χ0v) is 12.7. The predicted octanol–water partition coefficient (Wildman–Crippen LogP) is 4.46. The Hall–Kier alpha value is -0.540. The highest BCUT2D eigenvalue weighted by Crippen LogP contribution is 2.32. The van der Waals surface area contributed by atoms with E-state index in [1.54, 1.807) is 6.07 Å². The van der Waals surface area contributed by atoms with E-state index in [0.29, 0.717) is 6.04 Å². The molecule has 1 atom stereocenters. The Morgan fingerprint density at radius 2 is 2.11 bits per heavy atom. The second-order valence-electron chi connectivity index (χ2n) is 5.36. The molecule has 0 heterocycles. The summed E-state index contributed by atoms with van der Waals surface area (Å²) in [6.45, 7) is 4.92. The highest BCUT2D eigenvalue weighted by molar-refractivity contribution is 7.99. The van der Waals surface area contributed by atoms with Crippen LogP contribution in [0, 0.1) is 12.7 Å². The van der Waals surface area contributed by atoms with Crippen LogP contribution in [0.4, 0.5) is 4.39 Å². The lowest BCUT2D eigenvalue weighted by atomic mass is 10.1. The minimum absolute atomic E-state index is 0.109. The Kier molecular flexibility index (Phi) is 5.71. The Labute approximate surface area is 120 Å². The van der Waals surface area contributed by atoms with Crippen LogP contribution in [-0.4, -0.2) is 17.5 Å². The average molecular weight is 281 g/mol. The Bertz CT molecular complexity index is 402. The van der Waals surface area contributed by atoms with Crippen LogP contribution in [-0.2, 0) is 0 Å². The summed E-state index contributed by atoms with van der Waals surface area (Å²) < 4.78 is 13.4. The van der Waals surface area contributed by atoms with Crippen LogP contribution in [0.2, 0.25) is 0 Å². The number of thioether (sulfide) groups is 1. The molecule has 2 rings (SSSR count). The largest absolute Gasteiger partial charge is 0.310 e. The predicted molar refractivity (Wildman–Crippen MR) is 82.3 cm³/mol. The molecule has 1 unspecified atom stereocenters. The summed E-state index contributed by atoms with van der Waals surface area (Å²) in [5.74, 6) is 0.978. The minimum Gasteiger partial charge on any atom is -0.310 e. The first-order valence-corrected chi connectivity index (χ1v) is 8.36. The van der Waals surface area contributed by atoms with Gasteiger partial charge in [0.25, 0.3) is 0 Å². The van der Waals surface area contributed by atoms with E-state index in [1.807, 2.05) is 19.1 Å². The minimum atomic E-state index is -0.109. The molecule has 106 valence electrons. The second-order valence-corrected chi connectivity index (χ2v) is 6.69. The van der Waals surface area contributed by atoms with Crippen LogP contribution in [0.15, 0.2) is 18.2 Å². The molecule has 1 aliphatic rings. The van der Waals surface area contributed by atoms with Crippen LogP contribution in [0.25, 0.3) is 0 Å². The maximum atomic E-state index is 13.4. The number of benzene rings is 1. The van der Waals surface area contributed by atoms with Gasteiger partial charge in [0.05, 0.1) is 0 Å². The first-order chi connectivity index (χ1) is 9.20. The zero-order valence-electron chi connectivity index (χ0n) is 11.9. The summed E-state index contributed by atoms with van der Waals surface area (Å²) in [5, 5.41) is 4.36. The van der Waals surface area contributed by atoms with Crippen molar-refractivity contribution in [3.8, 4) is 0 Å². The van der Waals surface area contributed by atoms with Crippen molar-refractivity contribution >= 4 is 11.8 Å². The molecule has 0 spiro atoms. The van der Waals surface area contributed by atoms with Gasteiger partial charge >= 0.3 is 0 Å². The van der Waals surface area contributed by atoms with Crippen molar-refractivity contribution < 1.29 is 4.39 Å². The van der Waals surface area contributed by atoms with Crippen LogP contribution < -0.4 is 5.32 Å². The topological polar surface area (TPSA) is 12.0 Å². The molecule has 0 aliphatic heterocycles. The molecule has 1 aliphatic carbocycles. The molecule has 1 fully saturated rings. The third kappa shape index (κ3) is 4.22. The van der Waals surface area contributed by atoms with E-state index in [9.17, 15) is 4.39 Å². The lowest BCUT2D eigenvalue weighted by Crippen LogP contribution is -2.24. The van der Waals surface area contributed by atoms with Crippen molar-refractivity contribution in [1.82, 2.24) is 5.32 Å². The van der Waals surface area contributed by atoms with Crippen molar-refractivity contribution in [2.24, 2.45) is 0 Å². The Morgan fingerprint density at radius 3 is 2.74 bits per heavy atom. The van der Waals surface area contributed by atoms with Crippen LogP contribution >= 0.6 is 11.8 Å². The van der Waals surface area contributed by atoms with Gasteiger partial charge in [-0.3, -0.25) is 0 Å². The Balaban J connectivity index is 1.99. The van der Waals surface area contributed by atoms with Gasteiger partial charge in [-0.2, -0.15) is 11.8 Å². The van der Waals surface area contributed by atoms with Crippen LogP contribution in [0.3, 0.4) is 0 Å². The summed E-state index contributed by atoms with van der Waals surface area (Å²) in [4.78, 5) is 0. The fourth-order valence-electron chi connectivity index (χ4n) is 2.69. The molecule has 1 aromatic rings. The molecule has 0 amide bonds. The number of hydrogen-bond donors (Lipinski definition) is 1. The van der Waals surface area contributed by atoms with E-state index in [0.717, 1.165) is 23.1 Å². The summed E-state index contributed by atoms with van der Waals surface area (Å²) >= 11 is 2.08. The van der Waals surface area contributed by atoms with Gasteiger partial charge in [-0.05, 0) is 43.5 Å². The molecule has 0 saturated heterocycles. The maximum Gasteiger partial charge on any atom is 0.126 e. The summed E-state index contributed by atoms with van der Waals surface area (Å²) in [6, 6.07) is 5.84. The molecular formula is C16H24FNS. The first-order valence-electron chi connectivity index (χ1n) is 7.31. The number of hydrogen-bond acceptors (Lipinski definition) is 2. The highest BCUT2D eigenvalue weighted by Gasteiger charge is 2.18. The van der Waals surface area contributed by atoms with Crippen molar-refractivity contribution in [1.29, 1.82) is 0 Å². The zero-order chi connectivity index (χ0) is 13.7. The van der Waals surface area contributed by atoms with Crippen molar-refractivity contribution in [3.05, 3.63) is 35.1 Å². The first kappa shape index (κ1) is 14.9. The molecule has 1 saturated carbocycles. The van der Waals surface area contributed by atoms with Crippen LogP contribution in [0.1, 0.15) is 49.8 Å². The van der Waals surface area contributed by atoms with Gasteiger partial charge in [0.15, 0.2) is 0 Å². The molecule has 19 heavy (non-hydrogen) atoms. The van der Waals surface area contributed by atoms with Crippen molar-refractivity contribution in [2.75, 3.05) is 12.3 Å². The molecule has 1 aromatic carbocycles. The smallest absolute Gasteiger partial charge is 0.126 e. The molecule has 1 N–H and O–H groups in total. The van der Waals surface area contributed by atoms with E-state index < -0.39 is 0 Å². The van der Waals surface area contributed by atoms with Gasteiger partial charge in [0, 0.05) is 17.0 Å². The summed E-state index contributed by atoms with van der Waals surface area (Å²) in [6.07, 6.45) is 5.51. The van der Waals surface area contributed by atoms with E-state index in [2.05, 4.69) is 24.0 Å². The quantitative estimate of drug-likeness (QED) is 0.826.